The summed E-state index contributed by atoms with van der Waals surface area (Å²) in [5.74, 6) is 0.0963. The van der Waals surface area contributed by atoms with Gasteiger partial charge in [0, 0.05) is 35.3 Å². The van der Waals surface area contributed by atoms with Crippen molar-refractivity contribution in [1.82, 2.24) is 10.3 Å². The van der Waals surface area contributed by atoms with Crippen molar-refractivity contribution in [3.63, 3.8) is 0 Å². The van der Waals surface area contributed by atoms with Crippen molar-refractivity contribution < 1.29 is 9.72 Å². The molecule has 140 valence electrons. The molecule has 10 heteroatoms. The third-order valence-corrected chi connectivity index (χ3v) is 6.10. The quantitative estimate of drug-likeness (QED) is 0.530. The Bertz CT molecular complexity index is 811. The Morgan fingerprint density at radius 1 is 1.54 bits per heavy atom. The summed E-state index contributed by atoms with van der Waals surface area (Å²) in [6.07, 6.45) is 2.12. The molecule has 1 aliphatic rings. The molecular weight excluding hydrogens is 396 g/mol. The van der Waals surface area contributed by atoms with E-state index in [1.165, 1.54) is 29.2 Å². The van der Waals surface area contributed by atoms with Gasteiger partial charge in [-0.1, -0.05) is 11.8 Å². The Balaban J connectivity index is 0.00000243. The largest absolute Gasteiger partial charge is 0.348 e. The Labute approximate surface area is 165 Å². The molecule has 1 fully saturated rings. The van der Waals surface area contributed by atoms with Gasteiger partial charge in [-0.05, 0) is 37.8 Å². The van der Waals surface area contributed by atoms with Gasteiger partial charge in [0.05, 0.1) is 9.82 Å². The van der Waals surface area contributed by atoms with E-state index in [1.807, 2.05) is 12.3 Å². The number of nitrogens with one attached hydrogen (secondary N) is 1. The van der Waals surface area contributed by atoms with E-state index in [-0.39, 0.29) is 35.6 Å². The number of nitro benzene ring substituents is 1. The topological polar surface area (TPSA) is 111 Å². The molecule has 0 bridgehead atoms. The van der Waals surface area contributed by atoms with Crippen LogP contribution < -0.4 is 11.1 Å². The number of nitrogens with two attached hydrogens (primary N) is 1. The van der Waals surface area contributed by atoms with E-state index in [2.05, 4.69) is 10.3 Å². The van der Waals surface area contributed by atoms with Gasteiger partial charge in [0.2, 0.25) is 0 Å². The minimum Gasteiger partial charge on any atom is -0.348 e. The Morgan fingerprint density at radius 2 is 2.27 bits per heavy atom. The summed E-state index contributed by atoms with van der Waals surface area (Å²) in [4.78, 5) is 28.1. The first-order chi connectivity index (χ1) is 12.0. The Hall–Kier alpha value is -1.68. The van der Waals surface area contributed by atoms with Crippen molar-refractivity contribution in [1.29, 1.82) is 0 Å². The highest BCUT2D eigenvalue weighted by Gasteiger charge is 2.31. The molecule has 1 saturated carbocycles. The highest BCUT2D eigenvalue weighted by Crippen LogP contribution is 2.37. The number of benzene rings is 1. The molecule has 2 aromatic rings. The van der Waals surface area contributed by atoms with Crippen LogP contribution in [0.4, 0.5) is 5.69 Å². The van der Waals surface area contributed by atoms with E-state index < -0.39 is 4.92 Å². The summed E-state index contributed by atoms with van der Waals surface area (Å²) in [5, 5.41) is 16.2. The van der Waals surface area contributed by atoms with Crippen molar-refractivity contribution in [2.45, 2.75) is 35.0 Å². The van der Waals surface area contributed by atoms with Crippen LogP contribution in [0.3, 0.4) is 0 Å². The zero-order chi connectivity index (χ0) is 18.0. The van der Waals surface area contributed by atoms with Gasteiger partial charge in [-0.15, -0.1) is 23.7 Å². The summed E-state index contributed by atoms with van der Waals surface area (Å²) in [5.41, 5.74) is 6.75. The summed E-state index contributed by atoms with van der Waals surface area (Å²) in [7, 11) is 0. The van der Waals surface area contributed by atoms with E-state index in [0.29, 0.717) is 17.4 Å². The SMILES string of the molecule is Cc1csc(Sc2ccc(C(=O)NC(CN)C3CC3)cc2[N+](=O)[O-])n1.Cl. The van der Waals surface area contributed by atoms with E-state index in [0.717, 1.165) is 22.9 Å². The smallest absolute Gasteiger partial charge is 0.284 e. The summed E-state index contributed by atoms with van der Waals surface area (Å²) in [6.45, 7) is 2.24. The van der Waals surface area contributed by atoms with E-state index in [4.69, 9.17) is 5.73 Å². The fourth-order valence-corrected chi connectivity index (χ4v) is 4.36. The number of nitro groups is 1. The number of halogens is 1. The van der Waals surface area contributed by atoms with Crippen LogP contribution in [0, 0.1) is 23.0 Å². The van der Waals surface area contributed by atoms with Crippen LogP contribution in [0.1, 0.15) is 28.9 Å². The predicted octanol–water partition coefficient (Wildman–Crippen LogP) is 3.40. The molecule has 1 amide bonds. The lowest BCUT2D eigenvalue weighted by Gasteiger charge is -2.16. The van der Waals surface area contributed by atoms with Crippen molar-refractivity contribution >= 4 is 47.1 Å². The van der Waals surface area contributed by atoms with Crippen LogP contribution >= 0.6 is 35.5 Å². The molecule has 1 aliphatic carbocycles. The Morgan fingerprint density at radius 3 is 2.81 bits per heavy atom. The summed E-state index contributed by atoms with van der Waals surface area (Å²) in [6, 6.07) is 4.45. The number of nitrogens with zero attached hydrogens (tertiary/aromatic N) is 2. The van der Waals surface area contributed by atoms with Gasteiger partial charge in [-0.2, -0.15) is 0 Å². The van der Waals surface area contributed by atoms with Gasteiger partial charge >= 0.3 is 0 Å². The maximum Gasteiger partial charge on any atom is 0.284 e. The average molecular weight is 415 g/mol. The summed E-state index contributed by atoms with van der Waals surface area (Å²) >= 11 is 2.66. The van der Waals surface area contributed by atoms with E-state index >= 15 is 0 Å². The zero-order valence-corrected chi connectivity index (χ0v) is 16.5. The minimum atomic E-state index is -0.471. The van der Waals surface area contributed by atoms with Crippen LogP contribution in [0.5, 0.6) is 0 Å². The molecule has 3 N–H and O–H groups in total. The van der Waals surface area contributed by atoms with Crippen LogP contribution in [-0.2, 0) is 0 Å². The van der Waals surface area contributed by atoms with Gasteiger partial charge in [-0.3, -0.25) is 14.9 Å². The van der Waals surface area contributed by atoms with Crippen molar-refractivity contribution in [2.75, 3.05) is 6.54 Å². The maximum absolute atomic E-state index is 12.4. The molecule has 0 aliphatic heterocycles. The van der Waals surface area contributed by atoms with Crippen LogP contribution in [0.25, 0.3) is 0 Å². The molecule has 3 rings (SSSR count). The number of hydrogen-bond acceptors (Lipinski definition) is 7. The molecule has 1 aromatic heterocycles. The highest BCUT2D eigenvalue weighted by molar-refractivity contribution is 8.01. The van der Waals surface area contributed by atoms with Crippen LogP contribution in [-0.4, -0.2) is 28.4 Å². The standard InChI is InChI=1S/C16H18N4O3S2.ClH/c1-9-8-24-16(18-9)25-14-5-4-11(6-13(14)20(22)23)15(21)19-12(7-17)10-2-3-10;/h4-6,8,10,12H,2-3,7,17H2,1H3,(H,19,21);1H. The number of hydrogen-bond donors (Lipinski definition) is 2. The maximum atomic E-state index is 12.4. The number of aromatic nitrogens is 1. The lowest BCUT2D eigenvalue weighted by Crippen LogP contribution is -2.41. The van der Waals surface area contributed by atoms with Gasteiger partial charge in [0.1, 0.15) is 0 Å². The fourth-order valence-electron chi connectivity index (χ4n) is 2.48. The minimum absolute atomic E-state index is 0. The van der Waals surface area contributed by atoms with Crippen molar-refractivity contribution in [2.24, 2.45) is 11.7 Å². The van der Waals surface area contributed by atoms with Gasteiger partial charge in [0.15, 0.2) is 4.34 Å². The normalized spacial score (nSPS) is 14.4. The molecule has 26 heavy (non-hydrogen) atoms. The Kier molecular flexibility index (Phi) is 6.99. The van der Waals surface area contributed by atoms with Crippen molar-refractivity contribution in [3.8, 4) is 0 Å². The third kappa shape index (κ3) is 4.94. The van der Waals surface area contributed by atoms with E-state index in [9.17, 15) is 14.9 Å². The van der Waals surface area contributed by atoms with Gasteiger partial charge in [-0.25, -0.2) is 4.98 Å². The first kappa shape index (κ1) is 20.6. The lowest BCUT2D eigenvalue weighted by atomic mass is 10.1. The molecule has 1 aromatic carbocycles. The summed E-state index contributed by atoms with van der Waals surface area (Å²) < 4.78 is 0.731. The fraction of sp³-hybridized carbons (Fsp3) is 0.375. The number of aryl methyl sites for hydroxylation is 1. The first-order valence-corrected chi connectivity index (χ1v) is 9.57. The molecule has 1 atom stereocenters. The number of carbonyl (C=O) groups excluding carboxylic acids is 1. The molecule has 1 heterocycles. The van der Waals surface area contributed by atoms with Gasteiger partial charge < -0.3 is 11.1 Å². The molecule has 0 radical (unpaired) electrons. The molecule has 1 unspecified atom stereocenters. The molecule has 0 saturated heterocycles. The van der Waals surface area contributed by atoms with Crippen molar-refractivity contribution in [3.05, 3.63) is 45.0 Å². The monoisotopic (exact) mass is 414 g/mol. The second-order valence-electron chi connectivity index (χ2n) is 5.95. The number of amides is 1. The highest BCUT2D eigenvalue weighted by atomic mass is 35.5. The predicted molar refractivity (Wildman–Crippen MR) is 104 cm³/mol. The lowest BCUT2D eigenvalue weighted by molar-refractivity contribution is -0.387. The number of carbonyl (C=O) groups is 1. The van der Waals surface area contributed by atoms with Crippen LogP contribution in [0.2, 0.25) is 0 Å². The molecular formula is C16H19ClN4O3S2. The molecule has 0 spiro atoms. The number of rotatable bonds is 7. The average Bonchev–Trinajstić information content (AvgIpc) is 3.35. The van der Waals surface area contributed by atoms with Gasteiger partial charge in [0.25, 0.3) is 11.6 Å². The second kappa shape index (κ2) is 8.81. The first-order valence-electron chi connectivity index (χ1n) is 7.87. The van der Waals surface area contributed by atoms with E-state index in [1.54, 1.807) is 12.1 Å². The zero-order valence-electron chi connectivity index (χ0n) is 14.0. The second-order valence-corrected chi connectivity index (χ2v) is 8.10. The number of thiazole rings is 1. The van der Waals surface area contributed by atoms with Crippen LogP contribution in [0.15, 0.2) is 32.8 Å². The molecule has 7 nitrogen and oxygen atoms in total. The third-order valence-electron chi connectivity index (χ3n) is 3.97.